The van der Waals surface area contributed by atoms with Crippen LogP contribution in [0.5, 0.6) is 0 Å². The summed E-state index contributed by atoms with van der Waals surface area (Å²) in [5, 5.41) is 0. The summed E-state index contributed by atoms with van der Waals surface area (Å²) in [6, 6.07) is 0.139. The molecule has 0 aromatic carbocycles. The lowest BCUT2D eigenvalue weighted by Gasteiger charge is -2.36. The fourth-order valence-electron chi connectivity index (χ4n) is 3.46. The molecule has 0 radical (unpaired) electrons. The third kappa shape index (κ3) is 4.99. The number of carbonyl (C=O) groups excluding carboxylic acids is 1. The molecule has 0 spiro atoms. The lowest BCUT2D eigenvalue weighted by atomic mass is 9.98. The smallest absolute Gasteiger partial charge is 0.410 e. The van der Waals surface area contributed by atoms with E-state index >= 15 is 0 Å². The average molecular weight is 375 g/mol. The molecule has 1 fully saturated rings. The van der Waals surface area contributed by atoms with Crippen molar-refractivity contribution in [2.24, 2.45) is 0 Å². The summed E-state index contributed by atoms with van der Waals surface area (Å²) in [6.45, 7) is 14.5. The highest BCUT2D eigenvalue weighted by molar-refractivity contribution is 5.68. The van der Waals surface area contributed by atoms with Gasteiger partial charge in [-0.15, -0.1) is 0 Å². The number of rotatable bonds is 2. The standard InChI is InChI=1S/C19H28N4O2.C2H6/c1-13-17-21-16(14(2)22(17)11-9-20-13)12-15-8-6-7-10-23(15)18(24)25-19(3,4)5;1-2/h9,11,15H,6-8,10,12H2,1-5H3;1-2H3/t15-;/m0./s1. The highest BCUT2D eigenvalue weighted by Gasteiger charge is 2.31. The van der Waals surface area contributed by atoms with Gasteiger partial charge in [0, 0.05) is 37.1 Å². The van der Waals surface area contributed by atoms with E-state index < -0.39 is 5.60 Å². The second kappa shape index (κ2) is 8.72. The van der Waals surface area contributed by atoms with E-state index in [2.05, 4.69) is 16.3 Å². The third-order valence-electron chi connectivity index (χ3n) is 4.74. The van der Waals surface area contributed by atoms with E-state index in [1.807, 2.05) is 52.6 Å². The SMILES string of the molecule is CC.Cc1nccn2c(C)c(C[C@@H]3CCCCN3C(=O)OC(C)(C)C)nc12. The molecular weight excluding hydrogens is 340 g/mol. The predicted octanol–water partition coefficient (Wildman–Crippen LogP) is 4.70. The van der Waals surface area contributed by atoms with Gasteiger partial charge in [0.25, 0.3) is 0 Å². The number of amides is 1. The second-order valence-electron chi connectivity index (χ2n) is 7.88. The molecule has 0 unspecified atom stereocenters. The molecule has 1 amide bonds. The van der Waals surface area contributed by atoms with Crippen molar-refractivity contribution in [3.8, 4) is 0 Å². The van der Waals surface area contributed by atoms with E-state index in [9.17, 15) is 4.79 Å². The van der Waals surface area contributed by atoms with Crippen molar-refractivity contribution in [2.45, 2.75) is 85.8 Å². The number of piperidine rings is 1. The first-order chi connectivity index (χ1) is 12.8. The van der Waals surface area contributed by atoms with Gasteiger partial charge in [0.15, 0.2) is 5.65 Å². The molecule has 2 aromatic rings. The van der Waals surface area contributed by atoms with Gasteiger partial charge in [-0.3, -0.25) is 4.98 Å². The number of nitrogens with zero attached hydrogens (tertiary/aromatic N) is 4. The third-order valence-corrected chi connectivity index (χ3v) is 4.74. The van der Waals surface area contributed by atoms with Crippen LogP contribution in [0.3, 0.4) is 0 Å². The molecular formula is C21H34N4O2. The summed E-state index contributed by atoms with van der Waals surface area (Å²) in [7, 11) is 0. The van der Waals surface area contributed by atoms with Gasteiger partial charge < -0.3 is 14.0 Å². The Morgan fingerprint density at radius 2 is 1.96 bits per heavy atom. The van der Waals surface area contributed by atoms with Crippen molar-refractivity contribution >= 4 is 11.7 Å². The van der Waals surface area contributed by atoms with Crippen molar-refractivity contribution in [1.82, 2.24) is 19.3 Å². The second-order valence-corrected chi connectivity index (χ2v) is 7.88. The van der Waals surface area contributed by atoms with Crippen molar-refractivity contribution in [2.75, 3.05) is 6.54 Å². The molecule has 150 valence electrons. The maximum atomic E-state index is 12.6. The summed E-state index contributed by atoms with van der Waals surface area (Å²) in [5.41, 5.74) is 3.51. The molecule has 3 rings (SSSR count). The highest BCUT2D eigenvalue weighted by Crippen LogP contribution is 2.25. The van der Waals surface area contributed by atoms with Crippen molar-refractivity contribution in [3.63, 3.8) is 0 Å². The van der Waals surface area contributed by atoms with Crippen LogP contribution in [0.4, 0.5) is 4.79 Å². The van der Waals surface area contributed by atoms with Gasteiger partial charge in [-0.05, 0) is 53.9 Å². The van der Waals surface area contributed by atoms with E-state index in [4.69, 9.17) is 9.72 Å². The molecule has 1 saturated heterocycles. The molecule has 0 aliphatic carbocycles. The lowest BCUT2D eigenvalue weighted by molar-refractivity contribution is 0.00984. The Labute approximate surface area is 162 Å². The van der Waals surface area contributed by atoms with Crippen LogP contribution >= 0.6 is 0 Å². The molecule has 1 atom stereocenters. The van der Waals surface area contributed by atoms with Crippen molar-refractivity contribution < 1.29 is 9.53 Å². The van der Waals surface area contributed by atoms with Gasteiger partial charge >= 0.3 is 6.09 Å². The first-order valence-electron chi connectivity index (χ1n) is 10.0. The lowest BCUT2D eigenvalue weighted by Crippen LogP contribution is -2.47. The fraction of sp³-hybridized carbons (Fsp3) is 0.667. The van der Waals surface area contributed by atoms with Crippen LogP contribution < -0.4 is 0 Å². The molecule has 1 aliphatic rings. The number of imidazole rings is 1. The molecule has 0 N–H and O–H groups in total. The number of carbonyl (C=O) groups is 1. The minimum Gasteiger partial charge on any atom is -0.444 e. The van der Waals surface area contributed by atoms with Gasteiger partial charge in [0.2, 0.25) is 0 Å². The van der Waals surface area contributed by atoms with Gasteiger partial charge in [-0.25, -0.2) is 9.78 Å². The van der Waals surface area contributed by atoms with Crippen LogP contribution in [0.15, 0.2) is 12.4 Å². The minimum atomic E-state index is -0.471. The highest BCUT2D eigenvalue weighted by atomic mass is 16.6. The van der Waals surface area contributed by atoms with Crippen LogP contribution in [0, 0.1) is 13.8 Å². The van der Waals surface area contributed by atoms with Crippen LogP contribution in [0.2, 0.25) is 0 Å². The van der Waals surface area contributed by atoms with E-state index in [-0.39, 0.29) is 12.1 Å². The van der Waals surface area contributed by atoms with E-state index in [1.165, 1.54) is 0 Å². The van der Waals surface area contributed by atoms with Crippen molar-refractivity contribution in [1.29, 1.82) is 0 Å². The zero-order valence-electron chi connectivity index (χ0n) is 17.9. The van der Waals surface area contributed by atoms with E-state index in [1.54, 1.807) is 6.20 Å². The Kier molecular flexibility index (Phi) is 6.84. The summed E-state index contributed by atoms with van der Waals surface area (Å²) in [5.74, 6) is 0. The number of hydrogen-bond donors (Lipinski definition) is 0. The molecule has 27 heavy (non-hydrogen) atoms. The summed E-state index contributed by atoms with van der Waals surface area (Å²) < 4.78 is 7.69. The van der Waals surface area contributed by atoms with Crippen LogP contribution in [0.25, 0.3) is 5.65 Å². The van der Waals surface area contributed by atoms with Crippen LogP contribution in [-0.2, 0) is 11.2 Å². The first-order valence-corrected chi connectivity index (χ1v) is 10.0. The number of fused-ring (bicyclic) bond motifs is 1. The monoisotopic (exact) mass is 374 g/mol. The topological polar surface area (TPSA) is 59.7 Å². The number of hydrogen-bond acceptors (Lipinski definition) is 4. The molecule has 1 aliphatic heterocycles. The summed E-state index contributed by atoms with van der Waals surface area (Å²) in [6.07, 6.45) is 7.45. The quantitative estimate of drug-likeness (QED) is 0.764. The molecule has 3 heterocycles. The Hall–Kier alpha value is -2.11. The van der Waals surface area contributed by atoms with Gasteiger partial charge in [-0.1, -0.05) is 13.8 Å². The van der Waals surface area contributed by atoms with Gasteiger partial charge in [-0.2, -0.15) is 0 Å². The molecule has 0 saturated carbocycles. The average Bonchev–Trinajstić information content (AvgIpc) is 2.93. The fourth-order valence-corrected chi connectivity index (χ4v) is 3.46. The normalized spacial score (nSPS) is 17.4. The van der Waals surface area contributed by atoms with Gasteiger partial charge in [0.05, 0.1) is 11.4 Å². The Morgan fingerprint density at radius 1 is 1.26 bits per heavy atom. The van der Waals surface area contributed by atoms with Crippen LogP contribution in [-0.4, -0.2) is 43.5 Å². The number of ether oxygens (including phenoxy) is 1. The summed E-state index contributed by atoms with van der Waals surface area (Å²) in [4.78, 5) is 23.6. The largest absolute Gasteiger partial charge is 0.444 e. The Balaban J connectivity index is 0.00000126. The molecule has 2 aromatic heterocycles. The predicted molar refractivity (Wildman–Crippen MR) is 108 cm³/mol. The maximum Gasteiger partial charge on any atom is 0.410 e. The van der Waals surface area contributed by atoms with Crippen LogP contribution in [0.1, 0.15) is 71.0 Å². The first kappa shape index (κ1) is 21.2. The number of aromatic nitrogens is 3. The van der Waals surface area contributed by atoms with Gasteiger partial charge in [0.1, 0.15) is 5.60 Å². The van der Waals surface area contributed by atoms with Crippen molar-refractivity contribution in [3.05, 3.63) is 29.5 Å². The van der Waals surface area contributed by atoms with E-state index in [0.717, 1.165) is 55.0 Å². The summed E-state index contributed by atoms with van der Waals surface area (Å²) >= 11 is 0. The molecule has 6 heteroatoms. The minimum absolute atomic E-state index is 0.139. The number of aryl methyl sites for hydroxylation is 2. The van der Waals surface area contributed by atoms with E-state index in [0.29, 0.717) is 0 Å². The Morgan fingerprint density at radius 3 is 2.59 bits per heavy atom. The Bertz CT molecular complexity index is 776. The molecule has 6 nitrogen and oxygen atoms in total. The number of likely N-dealkylation sites (tertiary alicyclic amines) is 1. The zero-order valence-corrected chi connectivity index (χ0v) is 17.9. The zero-order chi connectivity index (χ0) is 20.2. The maximum absolute atomic E-state index is 12.6. The molecule has 0 bridgehead atoms.